The van der Waals surface area contributed by atoms with Crippen LogP contribution in [0, 0.1) is 0 Å². The molecule has 0 aromatic heterocycles. The second kappa shape index (κ2) is 7.87. The van der Waals surface area contributed by atoms with E-state index >= 15 is 0 Å². The molecule has 0 spiro atoms. The van der Waals surface area contributed by atoms with Crippen molar-refractivity contribution >= 4 is 18.1 Å². The number of carbonyl (C=O) groups is 3. The first-order chi connectivity index (χ1) is 11.8. The van der Waals surface area contributed by atoms with Crippen molar-refractivity contribution in [1.82, 2.24) is 15.8 Å². The Labute approximate surface area is 146 Å². The summed E-state index contributed by atoms with van der Waals surface area (Å²) in [6.45, 7) is 5.57. The van der Waals surface area contributed by atoms with E-state index in [1.807, 2.05) is 30.3 Å². The van der Waals surface area contributed by atoms with Crippen LogP contribution < -0.4 is 10.7 Å². The van der Waals surface area contributed by atoms with E-state index in [0.717, 1.165) is 10.6 Å². The highest BCUT2D eigenvalue weighted by molar-refractivity contribution is 5.88. The topological polar surface area (TPSA) is 97.0 Å². The number of hydrogen-bond acceptors (Lipinski definition) is 5. The molecule has 1 aliphatic rings. The summed E-state index contributed by atoms with van der Waals surface area (Å²) in [6.07, 6.45) is -1.28. The molecule has 25 heavy (non-hydrogen) atoms. The van der Waals surface area contributed by atoms with Gasteiger partial charge in [0.2, 0.25) is 5.91 Å². The fourth-order valence-corrected chi connectivity index (χ4v) is 2.24. The van der Waals surface area contributed by atoms with Gasteiger partial charge in [0.1, 0.15) is 18.2 Å². The summed E-state index contributed by atoms with van der Waals surface area (Å²) in [5.74, 6) is -0.353. The lowest BCUT2D eigenvalue weighted by molar-refractivity contribution is -0.124. The normalized spacial score (nSPS) is 16.8. The summed E-state index contributed by atoms with van der Waals surface area (Å²) in [7, 11) is 0. The molecule has 136 valence electrons. The van der Waals surface area contributed by atoms with Crippen LogP contribution in [-0.2, 0) is 20.9 Å². The Morgan fingerprint density at radius 1 is 1.28 bits per heavy atom. The van der Waals surface area contributed by atoms with E-state index in [1.54, 1.807) is 20.8 Å². The zero-order chi connectivity index (χ0) is 18.4. The number of rotatable bonds is 3. The molecule has 1 atom stereocenters. The van der Waals surface area contributed by atoms with Gasteiger partial charge in [-0.3, -0.25) is 4.79 Å². The van der Waals surface area contributed by atoms with Gasteiger partial charge in [0.05, 0.1) is 0 Å². The van der Waals surface area contributed by atoms with Crippen LogP contribution in [0.3, 0.4) is 0 Å². The average molecular weight is 349 g/mol. The molecule has 3 amide bonds. The highest BCUT2D eigenvalue weighted by atomic mass is 16.6. The third kappa shape index (κ3) is 5.66. The number of nitrogens with zero attached hydrogens (tertiary/aromatic N) is 1. The molecule has 0 aliphatic carbocycles. The molecule has 1 saturated heterocycles. The molecule has 2 N–H and O–H groups in total. The van der Waals surface area contributed by atoms with Crippen molar-refractivity contribution in [3.05, 3.63) is 35.9 Å². The minimum absolute atomic E-state index is 0.0473. The molecule has 0 saturated carbocycles. The molecular formula is C17H23N3O5. The summed E-state index contributed by atoms with van der Waals surface area (Å²) in [6, 6.07) is 8.29. The molecule has 0 unspecified atom stereocenters. The van der Waals surface area contributed by atoms with Crippen LogP contribution in [0.25, 0.3) is 0 Å². The Kier molecular flexibility index (Phi) is 5.84. The number of hydrazine groups is 1. The average Bonchev–Trinajstić information content (AvgIpc) is 2.95. The second-order valence-corrected chi connectivity index (χ2v) is 6.62. The van der Waals surface area contributed by atoms with Gasteiger partial charge in [-0.25, -0.2) is 20.0 Å². The van der Waals surface area contributed by atoms with Crippen molar-refractivity contribution < 1.29 is 23.9 Å². The molecule has 0 radical (unpaired) electrons. The maximum absolute atomic E-state index is 12.4. The minimum Gasteiger partial charge on any atom is -0.443 e. The first-order valence-corrected chi connectivity index (χ1v) is 8.03. The first-order valence-electron chi connectivity index (χ1n) is 8.03. The van der Waals surface area contributed by atoms with Crippen molar-refractivity contribution in [2.75, 3.05) is 6.54 Å². The van der Waals surface area contributed by atoms with Gasteiger partial charge in [-0.1, -0.05) is 30.3 Å². The Balaban J connectivity index is 2.00. The lowest BCUT2D eigenvalue weighted by atomic mass is 10.2. The molecule has 0 bridgehead atoms. The largest absolute Gasteiger partial charge is 0.443 e. The Morgan fingerprint density at radius 2 is 1.96 bits per heavy atom. The summed E-state index contributed by atoms with van der Waals surface area (Å²) >= 11 is 0. The van der Waals surface area contributed by atoms with Gasteiger partial charge in [0, 0.05) is 6.54 Å². The molecule has 1 fully saturated rings. The molecular weight excluding hydrogens is 326 g/mol. The van der Waals surface area contributed by atoms with Crippen LogP contribution in [0.2, 0.25) is 0 Å². The molecule has 8 heteroatoms. The fourth-order valence-electron chi connectivity index (χ4n) is 2.24. The number of nitrogens with one attached hydrogen (secondary N) is 2. The summed E-state index contributed by atoms with van der Waals surface area (Å²) in [4.78, 5) is 36.3. The number of ether oxygens (including phenoxy) is 2. The van der Waals surface area contributed by atoms with Crippen LogP contribution in [0.5, 0.6) is 0 Å². The SMILES string of the molecule is CC(C)(C)OC(=O)N(NC(=O)OCc1ccccc1)[C@H]1CCNC1=O. The van der Waals surface area contributed by atoms with E-state index < -0.39 is 23.8 Å². The van der Waals surface area contributed by atoms with Crippen LogP contribution >= 0.6 is 0 Å². The maximum atomic E-state index is 12.4. The predicted molar refractivity (Wildman–Crippen MR) is 89.3 cm³/mol. The third-order valence-corrected chi connectivity index (χ3v) is 3.35. The van der Waals surface area contributed by atoms with Crippen LogP contribution in [0.1, 0.15) is 32.8 Å². The quantitative estimate of drug-likeness (QED) is 0.813. The van der Waals surface area contributed by atoms with Gasteiger partial charge in [-0.15, -0.1) is 0 Å². The lowest BCUT2D eigenvalue weighted by Gasteiger charge is -2.29. The molecule has 1 heterocycles. The molecule has 8 nitrogen and oxygen atoms in total. The minimum atomic E-state index is -0.839. The number of hydrogen-bond donors (Lipinski definition) is 2. The summed E-state index contributed by atoms with van der Waals surface area (Å²) in [5.41, 5.74) is 2.36. The Hall–Kier alpha value is -2.77. The highest BCUT2D eigenvalue weighted by Crippen LogP contribution is 2.14. The van der Waals surface area contributed by atoms with Crippen LogP contribution in [0.15, 0.2) is 30.3 Å². The summed E-state index contributed by atoms with van der Waals surface area (Å²) in [5, 5.41) is 3.51. The molecule has 1 aliphatic heterocycles. The van der Waals surface area contributed by atoms with E-state index in [-0.39, 0.29) is 12.5 Å². The van der Waals surface area contributed by atoms with Crippen molar-refractivity contribution in [2.45, 2.75) is 45.4 Å². The zero-order valence-corrected chi connectivity index (χ0v) is 14.6. The Morgan fingerprint density at radius 3 is 2.52 bits per heavy atom. The second-order valence-electron chi connectivity index (χ2n) is 6.62. The van der Waals surface area contributed by atoms with Crippen LogP contribution in [-0.4, -0.2) is 41.3 Å². The van der Waals surface area contributed by atoms with Gasteiger partial charge in [-0.2, -0.15) is 0 Å². The van der Waals surface area contributed by atoms with Crippen LogP contribution in [0.4, 0.5) is 9.59 Å². The first kappa shape index (κ1) is 18.6. The highest BCUT2D eigenvalue weighted by Gasteiger charge is 2.37. The van der Waals surface area contributed by atoms with Crippen molar-refractivity contribution in [1.29, 1.82) is 0 Å². The van der Waals surface area contributed by atoms with Crippen molar-refractivity contribution in [3.8, 4) is 0 Å². The van der Waals surface area contributed by atoms with Gasteiger partial charge in [0.15, 0.2) is 0 Å². The van der Waals surface area contributed by atoms with Crippen molar-refractivity contribution in [3.63, 3.8) is 0 Å². The van der Waals surface area contributed by atoms with Gasteiger partial charge in [-0.05, 0) is 32.8 Å². The molecule has 1 aromatic rings. The number of benzene rings is 1. The number of amides is 3. The third-order valence-electron chi connectivity index (χ3n) is 3.35. The van der Waals surface area contributed by atoms with Gasteiger partial charge in [0.25, 0.3) is 0 Å². The molecule has 2 rings (SSSR count). The number of carbonyl (C=O) groups excluding carboxylic acids is 3. The lowest BCUT2D eigenvalue weighted by Crippen LogP contribution is -2.55. The fraction of sp³-hybridized carbons (Fsp3) is 0.471. The van der Waals surface area contributed by atoms with E-state index in [1.165, 1.54) is 0 Å². The van der Waals surface area contributed by atoms with Gasteiger partial charge < -0.3 is 14.8 Å². The van der Waals surface area contributed by atoms with E-state index in [4.69, 9.17) is 9.47 Å². The van der Waals surface area contributed by atoms with E-state index in [9.17, 15) is 14.4 Å². The van der Waals surface area contributed by atoms with E-state index in [2.05, 4.69) is 10.7 Å². The Bertz CT molecular complexity index is 627. The van der Waals surface area contributed by atoms with Crippen molar-refractivity contribution in [2.24, 2.45) is 0 Å². The van der Waals surface area contributed by atoms with Gasteiger partial charge >= 0.3 is 12.2 Å². The monoisotopic (exact) mass is 349 g/mol. The maximum Gasteiger partial charge on any atom is 0.430 e. The smallest absolute Gasteiger partial charge is 0.430 e. The zero-order valence-electron chi connectivity index (χ0n) is 14.6. The predicted octanol–water partition coefficient (Wildman–Crippen LogP) is 1.95. The molecule has 1 aromatic carbocycles. The van der Waals surface area contributed by atoms with E-state index in [0.29, 0.717) is 13.0 Å². The summed E-state index contributed by atoms with van der Waals surface area (Å²) < 4.78 is 10.4. The standard InChI is InChI=1S/C17H23N3O5/c1-17(2,3)25-16(23)20(13-9-10-18-14(13)21)19-15(22)24-11-12-7-5-4-6-8-12/h4-8,13H,9-11H2,1-3H3,(H,18,21)(H,19,22)/t13-/m0/s1.